The second kappa shape index (κ2) is 9.79. The third-order valence-electron chi connectivity index (χ3n) is 6.35. The number of para-hydroxylation sites is 1. The number of aromatic nitrogens is 3. The molecular weight excluding hydrogens is 470 g/mol. The minimum Gasteiger partial charge on any atom is -0.349 e. The van der Waals surface area contributed by atoms with Crippen LogP contribution in [0, 0.1) is 5.92 Å². The molecule has 0 unspecified atom stereocenters. The van der Waals surface area contributed by atoms with Gasteiger partial charge in [-0.05, 0) is 42.7 Å². The van der Waals surface area contributed by atoms with Crippen molar-refractivity contribution in [2.45, 2.75) is 38.5 Å². The van der Waals surface area contributed by atoms with Crippen molar-refractivity contribution in [1.29, 1.82) is 0 Å². The zero-order chi connectivity index (χ0) is 24.4. The van der Waals surface area contributed by atoms with Crippen LogP contribution in [-0.2, 0) is 4.79 Å². The number of benzene rings is 2. The van der Waals surface area contributed by atoms with Crippen LogP contribution in [0.4, 0.5) is 11.4 Å². The SMILES string of the molecule is O=C(CCC1CCCC1)Nc1cccc2cc(C(=O)Nc3ccc(Cl)cc3-c3noc(=O)[nH]3)[nH]c12. The van der Waals surface area contributed by atoms with E-state index in [2.05, 4.69) is 30.3 Å². The molecule has 1 saturated carbocycles. The molecule has 0 bridgehead atoms. The van der Waals surface area contributed by atoms with Gasteiger partial charge >= 0.3 is 5.76 Å². The maximum atomic E-state index is 13.1. The van der Waals surface area contributed by atoms with E-state index in [4.69, 9.17) is 11.6 Å². The largest absolute Gasteiger partial charge is 0.439 e. The van der Waals surface area contributed by atoms with E-state index in [1.807, 2.05) is 18.2 Å². The standard InChI is InChI=1S/C25H24ClN5O4/c26-16-9-10-18(17(13-16)23-30-25(34)35-31-23)29-24(33)20-12-15-6-3-7-19(22(15)28-20)27-21(32)11-8-14-4-1-2-5-14/h3,6-7,9-10,12-14,28H,1-2,4-5,8,11H2,(H,27,32)(H,29,33)(H,30,31,34). The highest BCUT2D eigenvalue weighted by atomic mass is 35.5. The van der Waals surface area contributed by atoms with Crippen LogP contribution in [0.25, 0.3) is 22.3 Å². The fraction of sp³-hybridized carbons (Fsp3) is 0.280. The van der Waals surface area contributed by atoms with E-state index in [1.54, 1.807) is 24.3 Å². The van der Waals surface area contributed by atoms with Crippen LogP contribution in [-0.4, -0.2) is 26.9 Å². The van der Waals surface area contributed by atoms with Gasteiger partial charge in [0.15, 0.2) is 5.82 Å². The Morgan fingerprint density at radius 1 is 1.06 bits per heavy atom. The Labute approximate surface area is 205 Å². The Hall–Kier alpha value is -3.85. The topological polar surface area (TPSA) is 133 Å². The average molecular weight is 494 g/mol. The van der Waals surface area contributed by atoms with Gasteiger partial charge in [0, 0.05) is 22.4 Å². The average Bonchev–Trinajstić information content (AvgIpc) is 3.60. The molecule has 180 valence electrons. The zero-order valence-electron chi connectivity index (χ0n) is 18.8. The van der Waals surface area contributed by atoms with E-state index in [0.717, 1.165) is 11.8 Å². The maximum absolute atomic E-state index is 13.1. The highest BCUT2D eigenvalue weighted by Crippen LogP contribution is 2.31. The van der Waals surface area contributed by atoms with Crippen LogP contribution in [0.2, 0.25) is 5.02 Å². The van der Waals surface area contributed by atoms with Gasteiger partial charge in [-0.1, -0.05) is 54.6 Å². The van der Waals surface area contributed by atoms with E-state index in [9.17, 15) is 14.4 Å². The fourth-order valence-electron chi connectivity index (χ4n) is 4.59. The monoisotopic (exact) mass is 493 g/mol. The number of H-pyrrole nitrogens is 2. The zero-order valence-corrected chi connectivity index (χ0v) is 19.6. The van der Waals surface area contributed by atoms with Crippen molar-refractivity contribution in [2.75, 3.05) is 10.6 Å². The van der Waals surface area contributed by atoms with Gasteiger partial charge in [0.1, 0.15) is 5.69 Å². The Morgan fingerprint density at radius 3 is 2.66 bits per heavy atom. The van der Waals surface area contributed by atoms with Crippen LogP contribution in [0.5, 0.6) is 0 Å². The second-order valence-electron chi connectivity index (χ2n) is 8.78. The first-order chi connectivity index (χ1) is 17.0. The van der Waals surface area contributed by atoms with Gasteiger partial charge in [-0.15, -0.1) is 0 Å². The molecule has 0 saturated heterocycles. The van der Waals surface area contributed by atoms with E-state index >= 15 is 0 Å². The van der Waals surface area contributed by atoms with Crippen molar-refractivity contribution < 1.29 is 14.1 Å². The first-order valence-electron chi connectivity index (χ1n) is 11.5. The van der Waals surface area contributed by atoms with Gasteiger partial charge in [0.2, 0.25) is 5.91 Å². The van der Waals surface area contributed by atoms with E-state index < -0.39 is 11.7 Å². The van der Waals surface area contributed by atoms with Crippen LogP contribution in [0.1, 0.15) is 49.0 Å². The molecule has 2 heterocycles. The molecule has 10 heteroatoms. The minimum absolute atomic E-state index is 0.0302. The van der Waals surface area contributed by atoms with Gasteiger partial charge in [0.25, 0.3) is 5.91 Å². The highest BCUT2D eigenvalue weighted by Gasteiger charge is 2.19. The van der Waals surface area contributed by atoms with Crippen LogP contribution >= 0.6 is 11.6 Å². The Kier molecular flexibility index (Phi) is 6.41. The second-order valence-corrected chi connectivity index (χ2v) is 9.21. The molecule has 0 atom stereocenters. The Morgan fingerprint density at radius 2 is 1.89 bits per heavy atom. The molecule has 9 nitrogen and oxygen atoms in total. The van der Waals surface area contributed by atoms with Gasteiger partial charge in [-0.3, -0.25) is 19.1 Å². The van der Waals surface area contributed by atoms with Crippen LogP contribution in [0.15, 0.2) is 51.8 Å². The molecular formula is C25H24ClN5O4. The molecule has 2 aromatic carbocycles. The summed E-state index contributed by atoms with van der Waals surface area (Å²) in [6.07, 6.45) is 6.32. The summed E-state index contributed by atoms with van der Waals surface area (Å²) in [4.78, 5) is 42.6. The van der Waals surface area contributed by atoms with Gasteiger partial charge in [-0.25, -0.2) is 4.79 Å². The lowest BCUT2D eigenvalue weighted by Gasteiger charge is -2.10. The molecule has 5 rings (SSSR count). The third-order valence-corrected chi connectivity index (χ3v) is 6.59. The lowest BCUT2D eigenvalue weighted by Crippen LogP contribution is -2.14. The predicted molar refractivity (Wildman–Crippen MR) is 134 cm³/mol. The number of carbonyl (C=O) groups excluding carboxylic acids is 2. The summed E-state index contributed by atoms with van der Waals surface area (Å²) < 4.78 is 4.58. The number of nitrogens with zero attached hydrogens (tertiary/aromatic N) is 1. The number of amides is 2. The molecule has 2 aromatic heterocycles. The first kappa shape index (κ1) is 22.9. The highest BCUT2D eigenvalue weighted by molar-refractivity contribution is 6.31. The molecule has 1 fully saturated rings. The molecule has 0 radical (unpaired) electrons. The molecule has 4 aromatic rings. The fourth-order valence-corrected chi connectivity index (χ4v) is 4.76. The molecule has 0 spiro atoms. The number of anilines is 2. The summed E-state index contributed by atoms with van der Waals surface area (Å²) in [7, 11) is 0. The quantitative estimate of drug-likeness (QED) is 0.276. The van der Waals surface area contributed by atoms with Crippen molar-refractivity contribution >= 4 is 45.7 Å². The molecule has 1 aliphatic carbocycles. The predicted octanol–water partition coefficient (Wildman–Crippen LogP) is 5.33. The van der Waals surface area contributed by atoms with E-state index in [1.165, 1.54) is 25.7 Å². The number of carbonyl (C=O) groups is 2. The number of halogens is 1. The molecule has 2 amide bonds. The smallest absolute Gasteiger partial charge is 0.349 e. The van der Waals surface area contributed by atoms with Crippen molar-refractivity contribution in [3.05, 3.63) is 63.7 Å². The number of nitrogens with one attached hydrogen (secondary N) is 4. The maximum Gasteiger partial charge on any atom is 0.439 e. The summed E-state index contributed by atoms with van der Waals surface area (Å²) in [5, 5.41) is 10.7. The molecule has 1 aliphatic rings. The Balaban J connectivity index is 1.34. The lowest BCUT2D eigenvalue weighted by atomic mass is 10.0. The number of aromatic amines is 2. The van der Waals surface area contributed by atoms with Gasteiger partial charge in [-0.2, -0.15) is 0 Å². The van der Waals surface area contributed by atoms with Crippen molar-refractivity contribution in [3.8, 4) is 11.4 Å². The first-order valence-corrected chi connectivity index (χ1v) is 11.9. The number of fused-ring (bicyclic) bond motifs is 1. The minimum atomic E-state index is -0.717. The molecule has 0 aliphatic heterocycles. The van der Waals surface area contributed by atoms with Gasteiger partial charge in [0.05, 0.1) is 16.9 Å². The number of rotatable bonds is 7. The lowest BCUT2D eigenvalue weighted by molar-refractivity contribution is -0.116. The van der Waals surface area contributed by atoms with E-state index in [-0.39, 0.29) is 11.7 Å². The summed E-state index contributed by atoms with van der Waals surface area (Å²) in [5.41, 5.74) is 2.41. The van der Waals surface area contributed by atoms with Crippen LogP contribution in [0.3, 0.4) is 0 Å². The Bertz CT molecular complexity index is 1450. The van der Waals surface area contributed by atoms with Crippen molar-refractivity contribution in [2.24, 2.45) is 5.92 Å². The summed E-state index contributed by atoms with van der Waals surface area (Å²) >= 11 is 6.09. The van der Waals surface area contributed by atoms with Crippen molar-refractivity contribution in [1.82, 2.24) is 15.1 Å². The summed E-state index contributed by atoms with van der Waals surface area (Å²) in [6.45, 7) is 0. The number of hydrogen-bond acceptors (Lipinski definition) is 5. The van der Waals surface area contributed by atoms with E-state index in [0.29, 0.717) is 45.5 Å². The summed E-state index contributed by atoms with van der Waals surface area (Å²) in [6, 6.07) is 12.0. The van der Waals surface area contributed by atoms with Crippen LogP contribution < -0.4 is 16.4 Å². The summed E-state index contributed by atoms with van der Waals surface area (Å²) in [5.74, 6) is -0.366. The normalized spacial score (nSPS) is 13.9. The number of hydrogen-bond donors (Lipinski definition) is 4. The van der Waals surface area contributed by atoms with Crippen molar-refractivity contribution in [3.63, 3.8) is 0 Å². The third kappa shape index (κ3) is 5.14. The molecule has 35 heavy (non-hydrogen) atoms. The van der Waals surface area contributed by atoms with Gasteiger partial charge < -0.3 is 15.6 Å². The molecule has 4 N–H and O–H groups in total.